The fraction of sp³-hybridized carbons (Fsp3) is 0.167. The average Bonchev–Trinajstić information content (AvgIpc) is 2.84. The van der Waals surface area contributed by atoms with Crippen LogP contribution in [0.25, 0.3) is 0 Å². The van der Waals surface area contributed by atoms with Crippen molar-refractivity contribution in [3.8, 4) is 0 Å². The smallest absolute Gasteiger partial charge is 0.323 e. The molecule has 19 heavy (non-hydrogen) atoms. The van der Waals surface area contributed by atoms with Gasteiger partial charge in [0.1, 0.15) is 12.2 Å². The Kier molecular flexibility index (Phi) is 3.87. The van der Waals surface area contributed by atoms with Gasteiger partial charge >= 0.3 is 5.97 Å². The number of hydrogen-bond donors (Lipinski definition) is 2. The first-order chi connectivity index (χ1) is 9.16. The molecule has 0 aliphatic rings. The molecule has 2 heterocycles. The molecule has 0 spiro atoms. The van der Waals surface area contributed by atoms with Crippen LogP contribution in [0.15, 0.2) is 36.7 Å². The molecule has 7 heteroatoms. The second-order valence-electron chi connectivity index (χ2n) is 3.81. The maximum absolute atomic E-state index is 11.9. The first kappa shape index (κ1) is 12.7. The molecule has 0 aliphatic heterocycles. The summed E-state index contributed by atoms with van der Waals surface area (Å²) in [5.41, 5.74) is 0.929. The Labute approximate surface area is 108 Å². The summed E-state index contributed by atoms with van der Waals surface area (Å²) in [6.45, 7) is -0.00811. The van der Waals surface area contributed by atoms with E-state index in [0.717, 1.165) is 0 Å². The summed E-state index contributed by atoms with van der Waals surface area (Å²) in [6.07, 6.45) is 3.09. The van der Waals surface area contributed by atoms with Crippen LogP contribution in [0.5, 0.6) is 0 Å². The van der Waals surface area contributed by atoms with Crippen molar-refractivity contribution in [2.24, 2.45) is 0 Å². The Bertz CT molecular complexity index is 580. The number of hydrogen-bond acceptors (Lipinski definition) is 4. The topological polar surface area (TPSA) is 97.1 Å². The molecule has 0 unspecified atom stereocenters. The van der Waals surface area contributed by atoms with Gasteiger partial charge in [-0.3, -0.25) is 9.59 Å². The number of carbonyl (C=O) groups excluding carboxylic acids is 1. The van der Waals surface area contributed by atoms with Crippen molar-refractivity contribution in [2.75, 3.05) is 0 Å². The van der Waals surface area contributed by atoms with E-state index >= 15 is 0 Å². The number of amides is 1. The minimum absolute atomic E-state index is 0.241. The van der Waals surface area contributed by atoms with Crippen LogP contribution in [0.1, 0.15) is 16.2 Å². The van der Waals surface area contributed by atoms with Crippen LogP contribution in [0.2, 0.25) is 0 Å². The molecule has 0 aliphatic carbocycles. The van der Waals surface area contributed by atoms with Crippen molar-refractivity contribution in [2.45, 2.75) is 13.1 Å². The molecule has 0 saturated heterocycles. The van der Waals surface area contributed by atoms with Crippen molar-refractivity contribution in [1.29, 1.82) is 0 Å². The minimum Gasteiger partial charge on any atom is -0.480 e. The fourth-order valence-electron chi connectivity index (χ4n) is 1.59. The first-order valence-electron chi connectivity index (χ1n) is 5.58. The van der Waals surface area contributed by atoms with E-state index in [-0.39, 0.29) is 19.0 Å². The average molecular weight is 260 g/mol. The highest BCUT2D eigenvalue weighted by Crippen LogP contribution is 2.03. The molecule has 0 saturated carbocycles. The number of aromatic nitrogens is 3. The van der Waals surface area contributed by atoms with Crippen LogP contribution in [-0.4, -0.2) is 31.7 Å². The highest BCUT2D eigenvalue weighted by atomic mass is 16.4. The summed E-state index contributed by atoms with van der Waals surface area (Å²) in [6, 6.07) is 6.65. The third-order valence-electron chi connectivity index (χ3n) is 2.43. The van der Waals surface area contributed by atoms with Gasteiger partial charge in [-0.05, 0) is 24.3 Å². The zero-order valence-electron chi connectivity index (χ0n) is 9.98. The van der Waals surface area contributed by atoms with Gasteiger partial charge in [-0.2, -0.15) is 10.2 Å². The third-order valence-corrected chi connectivity index (χ3v) is 2.43. The molecule has 1 amide bonds. The van der Waals surface area contributed by atoms with E-state index in [1.807, 2.05) is 0 Å². The van der Waals surface area contributed by atoms with Gasteiger partial charge in [-0.25, -0.2) is 0 Å². The van der Waals surface area contributed by atoms with Crippen molar-refractivity contribution in [3.63, 3.8) is 0 Å². The van der Waals surface area contributed by atoms with Crippen LogP contribution < -0.4 is 5.32 Å². The second kappa shape index (κ2) is 5.76. The van der Waals surface area contributed by atoms with Gasteiger partial charge in [0.25, 0.3) is 5.91 Å². The standard InChI is InChI=1S/C12H12N4O3/c17-11(18)8-16-6-2-4-10(16)12(19)13-7-9-3-1-5-14-15-9/h1-6H,7-8H2,(H,13,19)(H,17,18). The molecule has 7 nitrogen and oxygen atoms in total. The Morgan fingerprint density at radius 3 is 2.84 bits per heavy atom. The lowest BCUT2D eigenvalue weighted by Gasteiger charge is -2.07. The molecule has 0 bridgehead atoms. The van der Waals surface area contributed by atoms with Crippen molar-refractivity contribution in [1.82, 2.24) is 20.1 Å². The molecule has 2 aromatic heterocycles. The van der Waals surface area contributed by atoms with Gasteiger partial charge in [-0.15, -0.1) is 0 Å². The Hall–Kier alpha value is -2.70. The predicted octanol–water partition coefficient (Wildman–Crippen LogP) is 0.293. The number of rotatable bonds is 5. The molecule has 2 N–H and O–H groups in total. The number of nitrogens with zero attached hydrogens (tertiary/aromatic N) is 3. The van der Waals surface area contributed by atoms with Gasteiger partial charge in [0.05, 0.1) is 12.2 Å². The molecule has 0 atom stereocenters. The zero-order valence-corrected chi connectivity index (χ0v) is 9.98. The molecule has 0 radical (unpaired) electrons. The van der Waals surface area contributed by atoms with Gasteiger partial charge in [0, 0.05) is 12.4 Å². The van der Waals surface area contributed by atoms with E-state index < -0.39 is 5.97 Å². The van der Waals surface area contributed by atoms with Crippen LogP contribution in [-0.2, 0) is 17.9 Å². The molecule has 98 valence electrons. The van der Waals surface area contributed by atoms with E-state index in [1.165, 1.54) is 4.57 Å². The zero-order chi connectivity index (χ0) is 13.7. The Morgan fingerprint density at radius 2 is 2.16 bits per heavy atom. The van der Waals surface area contributed by atoms with E-state index in [0.29, 0.717) is 11.4 Å². The van der Waals surface area contributed by atoms with Crippen molar-refractivity contribution < 1.29 is 14.7 Å². The lowest BCUT2D eigenvalue weighted by molar-refractivity contribution is -0.137. The maximum Gasteiger partial charge on any atom is 0.323 e. The monoisotopic (exact) mass is 260 g/mol. The SMILES string of the molecule is O=C(O)Cn1cccc1C(=O)NCc1cccnn1. The third kappa shape index (κ3) is 3.38. The molecule has 2 rings (SSSR count). The van der Waals surface area contributed by atoms with E-state index in [4.69, 9.17) is 5.11 Å². The van der Waals surface area contributed by atoms with Gasteiger partial charge in [-0.1, -0.05) is 0 Å². The summed E-state index contributed by atoms with van der Waals surface area (Å²) in [7, 11) is 0. The van der Waals surface area contributed by atoms with Gasteiger partial charge in [0.15, 0.2) is 0 Å². The van der Waals surface area contributed by atoms with Crippen molar-refractivity contribution >= 4 is 11.9 Å². The predicted molar refractivity (Wildman–Crippen MR) is 65.3 cm³/mol. The number of nitrogens with one attached hydrogen (secondary N) is 1. The molecule has 2 aromatic rings. The number of carboxylic acids is 1. The largest absolute Gasteiger partial charge is 0.480 e. The Balaban J connectivity index is 2.00. The number of aliphatic carboxylic acids is 1. The Morgan fingerprint density at radius 1 is 1.32 bits per heavy atom. The second-order valence-corrected chi connectivity index (χ2v) is 3.81. The lowest BCUT2D eigenvalue weighted by Crippen LogP contribution is -2.26. The number of carbonyl (C=O) groups is 2. The van der Waals surface area contributed by atoms with Crippen molar-refractivity contribution in [3.05, 3.63) is 48.0 Å². The van der Waals surface area contributed by atoms with E-state index in [9.17, 15) is 9.59 Å². The van der Waals surface area contributed by atoms with Crippen LogP contribution in [0.4, 0.5) is 0 Å². The normalized spacial score (nSPS) is 10.1. The minimum atomic E-state index is -1.00. The number of carboxylic acid groups (broad SMARTS) is 1. The van der Waals surface area contributed by atoms with E-state index in [2.05, 4.69) is 15.5 Å². The summed E-state index contributed by atoms with van der Waals surface area (Å²) in [5, 5.41) is 18.9. The van der Waals surface area contributed by atoms with E-state index in [1.54, 1.807) is 36.7 Å². The fourth-order valence-corrected chi connectivity index (χ4v) is 1.59. The highest BCUT2D eigenvalue weighted by Gasteiger charge is 2.12. The molecular formula is C12H12N4O3. The van der Waals surface area contributed by atoms with Crippen LogP contribution in [0.3, 0.4) is 0 Å². The molecule has 0 fully saturated rings. The van der Waals surface area contributed by atoms with Crippen LogP contribution in [0, 0.1) is 0 Å². The summed E-state index contributed by atoms with van der Waals surface area (Å²) in [5.74, 6) is -1.35. The quantitative estimate of drug-likeness (QED) is 0.805. The van der Waals surface area contributed by atoms with Crippen LogP contribution >= 0.6 is 0 Å². The first-order valence-corrected chi connectivity index (χ1v) is 5.58. The summed E-state index contributed by atoms with van der Waals surface area (Å²) in [4.78, 5) is 22.6. The van der Waals surface area contributed by atoms with Gasteiger partial charge in [0.2, 0.25) is 0 Å². The lowest BCUT2D eigenvalue weighted by atomic mass is 10.3. The van der Waals surface area contributed by atoms with Gasteiger partial charge < -0.3 is 15.0 Å². The molecular weight excluding hydrogens is 248 g/mol. The summed E-state index contributed by atoms with van der Waals surface area (Å²) < 4.78 is 1.37. The molecule has 0 aromatic carbocycles. The maximum atomic E-state index is 11.9. The highest BCUT2D eigenvalue weighted by molar-refractivity contribution is 5.93. The summed E-state index contributed by atoms with van der Waals surface area (Å²) >= 11 is 0.